The molecule has 0 aliphatic carbocycles. The van der Waals surface area contributed by atoms with Gasteiger partial charge in [-0.25, -0.2) is 4.68 Å². The molecule has 0 bridgehead atoms. The number of carbonyl (C=O) groups is 1. The topological polar surface area (TPSA) is 75.9 Å². The number of tetrazole rings is 1. The van der Waals surface area contributed by atoms with Crippen LogP contribution in [-0.2, 0) is 4.79 Å². The highest BCUT2D eigenvalue weighted by Gasteiger charge is 2.30. The molecule has 0 spiro atoms. The van der Waals surface area contributed by atoms with Crippen LogP contribution in [0, 0.1) is 6.92 Å². The standard InChI is InChI=1S/C18H20N6OS/c1-13-10-14(6-7-15(13)24-12-20-21-22-24)19-11-18(25)23-8-2-4-16(23)17-5-3-9-26-17/h3,5-7,9-10,12,16,19H,2,4,8,11H2,1H3. The summed E-state index contributed by atoms with van der Waals surface area (Å²) in [6.45, 7) is 3.13. The van der Waals surface area contributed by atoms with Crippen LogP contribution in [0.5, 0.6) is 0 Å². The van der Waals surface area contributed by atoms with Crippen molar-refractivity contribution in [2.75, 3.05) is 18.4 Å². The second kappa shape index (κ2) is 7.25. The van der Waals surface area contributed by atoms with E-state index >= 15 is 0 Å². The summed E-state index contributed by atoms with van der Waals surface area (Å²) in [5.41, 5.74) is 2.87. The van der Waals surface area contributed by atoms with Gasteiger partial charge in [-0.2, -0.15) is 0 Å². The van der Waals surface area contributed by atoms with Gasteiger partial charge >= 0.3 is 0 Å². The largest absolute Gasteiger partial charge is 0.376 e. The van der Waals surface area contributed by atoms with E-state index in [1.807, 2.05) is 36.1 Å². The van der Waals surface area contributed by atoms with Crippen molar-refractivity contribution >= 4 is 22.9 Å². The predicted octanol–water partition coefficient (Wildman–Crippen LogP) is 2.81. The van der Waals surface area contributed by atoms with Gasteiger partial charge in [-0.15, -0.1) is 16.4 Å². The molecule has 3 aromatic rings. The minimum Gasteiger partial charge on any atom is -0.376 e. The summed E-state index contributed by atoms with van der Waals surface area (Å²) in [5.74, 6) is 0.142. The van der Waals surface area contributed by atoms with Gasteiger partial charge < -0.3 is 10.2 Å². The molecule has 1 saturated heterocycles. The van der Waals surface area contributed by atoms with E-state index in [0.29, 0.717) is 6.54 Å². The first-order valence-corrected chi connectivity index (χ1v) is 9.51. The lowest BCUT2D eigenvalue weighted by molar-refractivity contribution is -0.130. The van der Waals surface area contributed by atoms with Crippen LogP contribution >= 0.6 is 11.3 Å². The Kier molecular flexibility index (Phi) is 4.66. The molecule has 1 unspecified atom stereocenters. The highest BCUT2D eigenvalue weighted by atomic mass is 32.1. The monoisotopic (exact) mass is 368 g/mol. The summed E-state index contributed by atoms with van der Waals surface area (Å²) in [6, 6.07) is 10.3. The second-order valence-electron chi connectivity index (χ2n) is 6.37. The molecular formula is C18H20N6OS. The molecular weight excluding hydrogens is 348 g/mol. The lowest BCUT2D eigenvalue weighted by Crippen LogP contribution is -2.34. The third kappa shape index (κ3) is 3.32. The van der Waals surface area contributed by atoms with E-state index in [-0.39, 0.29) is 11.9 Å². The van der Waals surface area contributed by atoms with Gasteiger partial charge in [0.1, 0.15) is 6.33 Å². The number of aryl methyl sites for hydroxylation is 1. The van der Waals surface area contributed by atoms with Crippen molar-refractivity contribution in [1.82, 2.24) is 25.1 Å². The summed E-state index contributed by atoms with van der Waals surface area (Å²) < 4.78 is 1.63. The van der Waals surface area contributed by atoms with Gasteiger partial charge in [0.15, 0.2) is 0 Å². The van der Waals surface area contributed by atoms with Crippen LogP contribution in [0.15, 0.2) is 42.0 Å². The van der Waals surface area contributed by atoms with Crippen molar-refractivity contribution in [3.8, 4) is 5.69 Å². The van der Waals surface area contributed by atoms with Crippen LogP contribution < -0.4 is 5.32 Å². The molecule has 0 saturated carbocycles. The van der Waals surface area contributed by atoms with Gasteiger partial charge in [-0.1, -0.05) is 6.07 Å². The quantitative estimate of drug-likeness (QED) is 0.749. The maximum atomic E-state index is 12.7. The number of anilines is 1. The fraction of sp³-hybridized carbons (Fsp3) is 0.333. The molecule has 3 heterocycles. The Morgan fingerprint density at radius 2 is 2.31 bits per heavy atom. The molecule has 1 N–H and O–H groups in total. The second-order valence-corrected chi connectivity index (χ2v) is 7.35. The summed E-state index contributed by atoms with van der Waals surface area (Å²) in [6.07, 6.45) is 3.68. The lowest BCUT2D eigenvalue weighted by Gasteiger charge is -2.24. The fourth-order valence-corrected chi connectivity index (χ4v) is 4.29. The van der Waals surface area contributed by atoms with Gasteiger partial charge in [0.25, 0.3) is 0 Å². The van der Waals surface area contributed by atoms with Gasteiger partial charge in [-0.05, 0) is 65.4 Å². The molecule has 1 fully saturated rings. The number of likely N-dealkylation sites (tertiary alicyclic amines) is 1. The average Bonchev–Trinajstić information content (AvgIpc) is 3.41. The van der Waals surface area contributed by atoms with Crippen LogP contribution in [0.1, 0.15) is 29.3 Å². The lowest BCUT2D eigenvalue weighted by atomic mass is 10.1. The maximum Gasteiger partial charge on any atom is 0.242 e. The molecule has 26 heavy (non-hydrogen) atoms. The van der Waals surface area contributed by atoms with Crippen molar-refractivity contribution < 1.29 is 4.79 Å². The third-order valence-electron chi connectivity index (χ3n) is 4.68. The Bertz CT molecular complexity index is 877. The van der Waals surface area contributed by atoms with Crippen molar-refractivity contribution in [1.29, 1.82) is 0 Å². The van der Waals surface area contributed by atoms with Crippen molar-refractivity contribution in [3.63, 3.8) is 0 Å². The molecule has 0 radical (unpaired) electrons. The SMILES string of the molecule is Cc1cc(NCC(=O)N2CCCC2c2cccs2)ccc1-n1cnnn1. The van der Waals surface area contributed by atoms with Gasteiger partial charge in [-0.3, -0.25) is 4.79 Å². The Morgan fingerprint density at radius 3 is 3.04 bits per heavy atom. The van der Waals surface area contributed by atoms with E-state index in [1.165, 1.54) is 4.88 Å². The molecule has 8 heteroatoms. The number of nitrogens with one attached hydrogen (secondary N) is 1. The number of amides is 1. The van der Waals surface area contributed by atoms with E-state index in [4.69, 9.17) is 0 Å². The zero-order valence-electron chi connectivity index (χ0n) is 14.5. The third-order valence-corrected chi connectivity index (χ3v) is 5.65. The van der Waals surface area contributed by atoms with Crippen LogP contribution in [0.2, 0.25) is 0 Å². The Morgan fingerprint density at radius 1 is 1.38 bits per heavy atom. The Balaban J connectivity index is 1.41. The van der Waals surface area contributed by atoms with Gasteiger partial charge in [0, 0.05) is 17.1 Å². The highest BCUT2D eigenvalue weighted by molar-refractivity contribution is 7.10. The Hall–Kier alpha value is -2.74. The van der Waals surface area contributed by atoms with E-state index in [2.05, 4.69) is 32.3 Å². The zero-order valence-corrected chi connectivity index (χ0v) is 15.3. The molecule has 1 aliphatic rings. The van der Waals surface area contributed by atoms with Gasteiger partial charge in [0.2, 0.25) is 5.91 Å². The smallest absolute Gasteiger partial charge is 0.242 e. The number of benzene rings is 1. The summed E-state index contributed by atoms with van der Waals surface area (Å²) in [4.78, 5) is 16.0. The minimum atomic E-state index is 0.142. The molecule has 1 atom stereocenters. The number of carbonyl (C=O) groups excluding carboxylic acids is 1. The number of rotatable bonds is 5. The molecule has 1 amide bonds. The number of hydrogen-bond donors (Lipinski definition) is 1. The van der Waals surface area contributed by atoms with Crippen LogP contribution in [0.3, 0.4) is 0 Å². The minimum absolute atomic E-state index is 0.142. The summed E-state index contributed by atoms with van der Waals surface area (Å²) >= 11 is 1.73. The first kappa shape index (κ1) is 16.7. The van der Waals surface area contributed by atoms with Crippen molar-refractivity contribution in [2.24, 2.45) is 0 Å². The maximum absolute atomic E-state index is 12.7. The molecule has 2 aromatic heterocycles. The molecule has 4 rings (SSSR count). The summed E-state index contributed by atoms with van der Waals surface area (Å²) in [5, 5.41) is 16.6. The number of aromatic nitrogens is 4. The highest BCUT2D eigenvalue weighted by Crippen LogP contribution is 2.34. The number of nitrogens with zero attached hydrogens (tertiary/aromatic N) is 5. The number of thiophene rings is 1. The number of hydrogen-bond acceptors (Lipinski definition) is 6. The molecule has 134 valence electrons. The molecule has 1 aliphatic heterocycles. The van der Waals surface area contributed by atoms with E-state index in [1.54, 1.807) is 22.3 Å². The van der Waals surface area contributed by atoms with Crippen LogP contribution in [0.25, 0.3) is 5.69 Å². The first-order chi connectivity index (χ1) is 12.7. The molecule has 7 nitrogen and oxygen atoms in total. The van der Waals surface area contributed by atoms with E-state index in [9.17, 15) is 4.79 Å². The fourth-order valence-electron chi connectivity index (χ4n) is 3.42. The van der Waals surface area contributed by atoms with Crippen molar-refractivity contribution in [3.05, 3.63) is 52.5 Å². The average molecular weight is 368 g/mol. The normalized spacial score (nSPS) is 16.8. The Labute approximate surface area is 155 Å². The van der Waals surface area contributed by atoms with Crippen molar-refractivity contribution in [2.45, 2.75) is 25.8 Å². The van der Waals surface area contributed by atoms with E-state index in [0.717, 1.165) is 36.3 Å². The van der Waals surface area contributed by atoms with Crippen LogP contribution in [-0.4, -0.2) is 44.1 Å². The van der Waals surface area contributed by atoms with E-state index < -0.39 is 0 Å². The zero-order chi connectivity index (χ0) is 17.9. The van der Waals surface area contributed by atoms with Gasteiger partial charge in [0.05, 0.1) is 18.3 Å². The van der Waals surface area contributed by atoms with Crippen LogP contribution in [0.4, 0.5) is 5.69 Å². The molecule has 1 aromatic carbocycles. The summed E-state index contributed by atoms with van der Waals surface area (Å²) in [7, 11) is 0. The predicted molar refractivity (Wildman–Crippen MR) is 100 cm³/mol. The first-order valence-electron chi connectivity index (χ1n) is 8.63.